The number of nitrogens with one attached hydrogen (secondary N) is 3. The molecule has 8 aromatic carbocycles. The van der Waals surface area contributed by atoms with E-state index in [2.05, 4.69) is 203 Å². The molecule has 57 heavy (non-hydrogen) atoms. The Labute approximate surface area is 332 Å². The van der Waals surface area contributed by atoms with Gasteiger partial charge >= 0.3 is 0 Å². The number of fused-ring (bicyclic) bond motifs is 9. The maximum atomic E-state index is 6.83. The highest BCUT2D eigenvalue weighted by Crippen LogP contribution is 2.43. The number of hydrogen-bond acceptors (Lipinski definition) is 5. The molecule has 0 bridgehead atoms. The van der Waals surface area contributed by atoms with Crippen LogP contribution in [0, 0.1) is 0 Å². The minimum atomic E-state index is -0.143. The van der Waals surface area contributed by atoms with E-state index in [1.54, 1.807) is 0 Å². The molecule has 0 aliphatic carbocycles. The second-order valence-electron chi connectivity index (χ2n) is 15.0. The predicted octanol–water partition coefficient (Wildman–Crippen LogP) is 12.9. The van der Waals surface area contributed by atoms with Crippen LogP contribution >= 0.6 is 11.3 Å². The summed E-state index contributed by atoms with van der Waals surface area (Å²) in [6.45, 7) is 0. The van der Waals surface area contributed by atoms with E-state index in [1.165, 1.54) is 58.8 Å². The van der Waals surface area contributed by atoms with Gasteiger partial charge in [-0.1, -0.05) is 140 Å². The van der Waals surface area contributed by atoms with Crippen molar-refractivity contribution in [2.75, 3.05) is 0 Å². The minimum Gasteiger partial charge on any atom is -0.455 e. The van der Waals surface area contributed by atoms with Gasteiger partial charge in [-0.25, -0.2) is 0 Å². The predicted molar refractivity (Wildman–Crippen MR) is 237 cm³/mol. The van der Waals surface area contributed by atoms with Crippen molar-refractivity contribution in [1.82, 2.24) is 20.5 Å². The number of nitrogens with zero attached hydrogens (tertiary/aromatic N) is 1. The van der Waals surface area contributed by atoms with E-state index < -0.39 is 0 Å². The van der Waals surface area contributed by atoms with Crippen molar-refractivity contribution < 1.29 is 4.42 Å². The van der Waals surface area contributed by atoms with Gasteiger partial charge in [-0.05, 0) is 64.7 Å². The second-order valence-corrected chi connectivity index (χ2v) is 16.1. The molecule has 2 atom stereocenters. The summed E-state index contributed by atoms with van der Waals surface area (Å²) in [4.78, 5) is 0. The molecule has 3 aromatic heterocycles. The summed E-state index contributed by atoms with van der Waals surface area (Å²) in [5, 5.41) is 18.9. The third-order valence-electron chi connectivity index (χ3n) is 11.7. The summed E-state index contributed by atoms with van der Waals surface area (Å²) >= 11 is 1.85. The van der Waals surface area contributed by atoms with Gasteiger partial charge in [0, 0.05) is 53.0 Å². The number of furan rings is 1. The lowest BCUT2D eigenvalue weighted by Gasteiger charge is -2.39. The van der Waals surface area contributed by atoms with Gasteiger partial charge < -0.3 is 8.98 Å². The van der Waals surface area contributed by atoms with E-state index in [-0.39, 0.29) is 18.5 Å². The van der Waals surface area contributed by atoms with E-state index in [9.17, 15) is 0 Å². The zero-order valence-electron chi connectivity index (χ0n) is 30.8. The van der Waals surface area contributed by atoms with Crippen LogP contribution in [0.15, 0.2) is 186 Å². The van der Waals surface area contributed by atoms with Crippen molar-refractivity contribution in [2.45, 2.75) is 18.5 Å². The fourth-order valence-electron chi connectivity index (χ4n) is 9.12. The van der Waals surface area contributed by atoms with E-state index in [0.717, 1.165) is 38.6 Å². The summed E-state index contributed by atoms with van der Waals surface area (Å²) < 4.78 is 11.8. The van der Waals surface area contributed by atoms with Crippen LogP contribution in [0.4, 0.5) is 0 Å². The molecular weight excluding hydrogens is 717 g/mol. The van der Waals surface area contributed by atoms with Crippen LogP contribution in [0.2, 0.25) is 0 Å². The normalized spacial score (nSPS) is 17.4. The molecule has 1 aliphatic rings. The Morgan fingerprint density at radius 1 is 0.456 bits per heavy atom. The van der Waals surface area contributed by atoms with Crippen molar-refractivity contribution >= 4 is 75.3 Å². The summed E-state index contributed by atoms with van der Waals surface area (Å²) in [6, 6.07) is 65.4. The maximum absolute atomic E-state index is 6.83. The van der Waals surface area contributed by atoms with Crippen LogP contribution in [0.5, 0.6) is 0 Å². The molecule has 272 valence electrons. The van der Waals surface area contributed by atoms with Gasteiger partial charge in [-0.3, -0.25) is 16.0 Å². The monoisotopic (exact) mass is 752 g/mol. The second kappa shape index (κ2) is 13.0. The van der Waals surface area contributed by atoms with Gasteiger partial charge in [0.15, 0.2) is 0 Å². The van der Waals surface area contributed by atoms with Crippen molar-refractivity contribution in [3.63, 3.8) is 0 Å². The average Bonchev–Trinajstić information content (AvgIpc) is 3.96. The van der Waals surface area contributed by atoms with Crippen LogP contribution < -0.4 is 16.0 Å². The number of thiophene rings is 1. The lowest BCUT2D eigenvalue weighted by atomic mass is 9.97. The van der Waals surface area contributed by atoms with E-state index in [4.69, 9.17) is 4.42 Å². The van der Waals surface area contributed by atoms with Crippen LogP contribution in [-0.2, 0) is 0 Å². The van der Waals surface area contributed by atoms with Gasteiger partial charge in [0.2, 0.25) is 0 Å². The lowest BCUT2D eigenvalue weighted by Crippen LogP contribution is -2.54. The quantitative estimate of drug-likeness (QED) is 0.164. The first-order valence-electron chi connectivity index (χ1n) is 19.5. The van der Waals surface area contributed by atoms with Crippen LogP contribution in [0.25, 0.3) is 80.7 Å². The van der Waals surface area contributed by atoms with Crippen LogP contribution in [0.3, 0.4) is 0 Å². The van der Waals surface area contributed by atoms with Crippen LogP contribution in [0.1, 0.15) is 35.2 Å². The fraction of sp³-hybridized carbons (Fsp3) is 0.0588. The Hall–Kier alpha value is -6.54. The molecule has 12 rings (SSSR count). The molecular formula is C51H36N4OS. The summed E-state index contributed by atoms with van der Waals surface area (Å²) in [5.74, 6) is 0. The summed E-state index contributed by atoms with van der Waals surface area (Å²) in [7, 11) is 0. The molecule has 3 N–H and O–H groups in total. The molecule has 2 unspecified atom stereocenters. The van der Waals surface area contributed by atoms with Gasteiger partial charge in [-0.2, -0.15) is 0 Å². The molecule has 0 saturated carbocycles. The molecule has 0 amide bonds. The smallest absolute Gasteiger partial charge is 0.143 e. The van der Waals surface area contributed by atoms with Crippen LogP contribution in [-0.4, -0.2) is 4.57 Å². The highest BCUT2D eigenvalue weighted by molar-refractivity contribution is 7.25. The molecule has 1 fully saturated rings. The summed E-state index contributed by atoms with van der Waals surface area (Å²) in [5.41, 5.74) is 11.2. The number of para-hydroxylation sites is 3. The Morgan fingerprint density at radius 3 is 1.81 bits per heavy atom. The zero-order valence-corrected chi connectivity index (χ0v) is 31.6. The fourth-order valence-corrected chi connectivity index (χ4v) is 10.2. The molecule has 0 radical (unpaired) electrons. The van der Waals surface area contributed by atoms with Gasteiger partial charge in [0.1, 0.15) is 11.2 Å². The average molecular weight is 753 g/mol. The molecule has 4 heterocycles. The Kier molecular flexibility index (Phi) is 7.46. The van der Waals surface area contributed by atoms with E-state index in [1.807, 2.05) is 11.3 Å². The molecule has 1 aliphatic heterocycles. The number of hydrogen-bond donors (Lipinski definition) is 3. The first kappa shape index (κ1) is 32.7. The first-order chi connectivity index (χ1) is 28.2. The van der Waals surface area contributed by atoms with Gasteiger partial charge in [-0.15, -0.1) is 11.3 Å². The van der Waals surface area contributed by atoms with E-state index in [0.29, 0.717) is 0 Å². The molecule has 0 spiro atoms. The van der Waals surface area contributed by atoms with Gasteiger partial charge in [0.05, 0.1) is 29.5 Å². The van der Waals surface area contributed by atoms with Gasteiger partial charge in [0.25, 0.3) is 0 Å². The Morgan fingerprint density at radius 2 is 1.09 bits per heavy atom. The molecule has 11 aromatic rings. The summed E-state index contributed by atoms with van der Waals surface area (Å²) in [6.07, 6.45) is -0.260. The molecule has 1 saturated heterocycles. The van der Waals surface area contributed by atoms with Crippen molar-refractivity contribution in [2.24, 2.45) is 0 Å². The SMILES string of the molecule is c1ccc(C2NC(c3ccccc3)NC(c3cccc4oc5c(-c6ccc7sc8cc(-n9c%10ccccc%10c%10ccccc%109)ccc8c7c6)cccc5c34)N2)cc1. The Bertz CT molecular complexity index is 3210. The largest absolute Gasteiger partial charge is 0.455 e. The van der Waals surface area contributed by atoms with Crippen molar-refractivity contribution in [3.8, 4) is 16.8 Å². The van der Waals surface area contributed by atoms with E-state index >= 15 is 0 Å². The first-order valence-corrected chi connectivity index (χ1v) is 20.3. The molecule has 5 nitrogen and oxygen atoms in total. The Balaban J connectivity index is 0.956. The third-order valence-corrected chi connectivity index (χ3v) is 12.9. The zero-order chi connectivity index (χ0) is 37.5. The maximum Gasteiger partial charge on any atom is 0.143 e. The topological polar surface area (TPSA) is 54.2 Å². The lowest BCUT2D eigenvalue weighted by molar-refractivity contribution is 0.204. The number of aromatic nitrogens is 1. The molecule has 6 heteroatoms. The number of rotatable bonds is 5. The third kappa shape index (κ3) is 5.27. The highest BCUT2D eigenvalue weighted by atomic mass is 32.1. The van der Waals surface area contributed by atoms with Crippen molar-refractivity contribution in [3.05, 3.63) is 199 Å². The van der Waals surface area contributed by atoms with Crippen molar-refractivity contribution in [1.29, 1.82) is 0 Å². The highest BCUT2D eigenvalue weighted by Gasteiger charge is 2.31. The number of benzene rings is 8. The minimum absolute atomic E-state index is 0.0585. The standard InChI is InChI=1S/C51H36N4OS/c1-3-13-31(14-4-1)49-52-50(32-15-5-2-6-16-32)54-51(53-49)40-21-12-24-44-47(40)39-20-11-19-35(48(39)56-44)33-25-28-45-41(29-33)38-27-26-34(30-46(38)57-45)55-42-22-9-7-17-36(42)37-18-8-10-23-43(37)55/h1-30,49-54H.